The number of benzene rings is 2. The summed E-state index contributed by atoms with van der Waals surface area (Å²) in [4.78, 5) is -0.728. The van der Waals surface area contributed by atoms with Gasteiger partial charge in [0.15, 0.2) is 11.6 Å². The van der Waals surface area contributed by atoms with Crippen LogP contribution in [0.2, 0.25) is 10.0 Å². The second-order valence-electron chi connectivity index (χ2n) is 3.82. The van der Waals surface area contributed by atoms with Gasteiger partial charge in [0.05, 0.1) is 4.83 Å². The summed E-state index contributed by atoms with van der Waals surface area (Å²) in [6, 6.07) is 5.95. The van der Waals surface area contributed by atoms with E-state index >= 15 is 0 Å². The molecule has 1 atom stereocenters. The van der Waals surface area contributed by atoms with E-state index in [9.17, 15) is 13.2 Å². The first-order valence-corrected chi connectivity index (χ1v) is 6.80. The smallest absolute Gasteiger partial charge is 0.161 e. The van der Waals surface area contributed by atoms with E-state index in [0.717, 1.165) is 6.07 Å². The molecule has 0 aromatic heterocycles. The van der Waals surface area contributed by atoms with E-state index in [1.54, 1.807) is 12.1 Å². The van der Waals surface area contributed by atoms with Crippen LogP contribution in [0.15, 0.2) is 30.3 Å². The van der Waals surface area contributed by atoms with Crippen molar-refractivity contribution in [3.8, 4) is 0 Å². The summed E-state index contributed by atoms with van der Waals surface area (Å²) >= 11 is 15.0. The van der Waals surface area contributed by atoms with Crippen LogP contribution in [0.3, 0.4) is 0 Å². The van der Waals surface area contributed by atoms with Crippen LogP contribution >= 0.6 is 39.1 Å². The molecule has 0 aliphatic rings. The Bertz CT molecular complexity index is 632. The van der Waals surface area contributed by atoms with Gasteiger partial charge in [0.1, 0.15) is 5.82 Å². The molecule has 0 saturated heterocycles. The second-order valence-corrected chi connectivity index (χ2v) is 5.58. The Balaban J connectivity index is 2.52. The summed E-state index contributed by atoms with van der Waals surface area (Å²) in [5.74, 6) is -3.23. The molecule has 2 rings (SSSR count). The minimum atomic E-state index is -1.24. The predicted octanol–water partition coefficient (Wildman–Crippen LogP) is 5.90. The Morgan fingerprint density at radius 2 is 1.47 bits per heavy atom. The van der Waals surface area contributed by atoms with E-state index in [2.05, 4.69) is 15.9 Å². The van der Waals surface area contributed by atoms with Gasteiger partial charge in [0.25, 0.3) is 0 Å². The molecule has 1 unspecified atom stereocenters. The fraction of sp³-hybridized carbons (Fsp3) is 0.0769. The first-order valence-electron chi connectivity index (χ1n) is 5.13. The highest BCUT2D eigenvalue weighted by Crippen LogP contribution is 2.38. The van der Waals surface area contributed by atoms with Crippen LogP contribution in [-0.2, 0) is 0 Å². The van der Waals surface area contributed by atoms with Crippen molar-refractivity contribution in [3.63, 3.8) is 0 Å². The summed E-state index contributed by atoms with van der Waals surface area (Å²) in [7, 11) is 0. The van der Waals surface area contributed by atoms with Gasteiger partial charge in [-0.3, -0.25) is 0 Å². The molecule has 0 saturated carbocycles. The zero-order valence-corrected chi connectivity index (χ0v) is 12.3. The lowest BCUT2D eigenvalue weighted by molar-refractivity contribution is 0.491. The van der Waals surface area contributed by atoms with Gasteiger partial charge in [0.2, 0.25) is 0 Å². The van der Waals surface area contributed by atoms with Gasteiger partial charge in [-0.05, 0) is 29.8 Å². The summed E-state index contributed by atoms with van der Waals surface area (Å²) < 4.78 is 39.8. The predicted molar refractivity (Wildman–Crippen MR) is 73.5 cm³/mol. The van der Waals surface area contributed by atoms with Gasteiger partial charge in [-0.15, -0.1) is 0 Å². The van der Waals surface area contributed by atoms with Crippen molar-refractivity contribution >= 4 is 39.1 Å². The Hall–Kier alpha value is -0.710. The topological polar surface area (TPSA) is 0 Å². The summed E-state index contributed by atoms with van der Waals surface area (Å²) in [6.45, 7) is 0. The van der Waals surface area contributed by atoms with E-state index in [0.29, 0.717) is 21.7 Å². The third-order valence-electron chi connectivity index (χ3n) is 2.54. The second kappa shape index (κ2) is 5.73. The number of hydrogen-bond donors (Lipinski definition) is 0. The van der Waals surface area contributed by atoms with Crippen molar-refractivity contribution in [1.82, 2.24) is 0 Å². The van der Waals surface area contributed by atoms with Crippen molar-refractivity contribution in [3.05, 3.63) is 69.0 Å². The molecule has 0 amide bonds. The average molecular weight is 370 g/mol. The van der Waals surface area contributed by atoms with Gasteiger partial charge >= 0.3 is 0 Å². The number of rotatable bonds is 2. The molecule has 100 valence electrons. The van der Waals surface area contributed by atoms with E-state index in [1.807, 2.05) is 0 Å². The van der Waals surface area contributed by atoms with E-state index in [1.165, 1.54) is 6.07 Å². The van der Waals surface area contributed by atoms with E-state index in [-0.39, 0.29) is 5.56 Å². The molecule has 0 radical (unpaired) electrons. The highest BCUT2D eigenvalue weighted by molar-refractivity contribution is 9.09. The van der Waals surface area contributed by atoms with Crippen LogP contribution in [0.25, 0.3) is 0 Å². The molecule has 0 heterocycles. The molecule has 0 aliphatic carbocycles. The SMILES string of the molecule is Fc1cc(F)c(C(Br)c2cc(Cl)ccc2Cl)cc1F. The molecule has 0 bridgehead atoms. The Labute approximate surface area is 126 Å². The van der Waals surface area contributed by atoms with Crippen LogP contribution in [0.4, 0.5) is 13.2 Å². The van der Waals surface area contributed by atoms with Crippen molar-refractivity contribution in [2.24, 2.45) is 0 Å². The third-order valence-corrected chi connectivity index (χ3v) is 4.11. The number of hydrogen-bond acceptors (Lipinski definition) is 0. The molecular formula is C13H6BrCl2F3. The van der Waals surface area contributed by atoms with Crippen LogP contribution in [0.1, 0.15) is 16.0 Å². The van der Waals surface area contributed by atoms with Crippen molar-refractivity contribution in [2.45, 2.75) is 4.83 Å². The molecule has 0 spiro atoms. The molecule has 2 aromatic rings. The largest absolute Gasteiger partial charge is 0.207 e. The zero-order valence-electron chi connectivity index (χ0n) is 9.23. The highest BCUT2D eigenvalue weighted by atomic mass is 79.9. The van der Waals surface area contributed by atoms with Gasteiger partial charge in [-0.25, -0.2) is 13.2 Å². The number of alkyl halides is 1. The third kappa shape index (κ3) is 3.07. The lowest BCUT2D eigenvalue weighted by Gasteiger charge is -2.14. The lowest BCUT2D eigenvalue weighted by atomic mass is 10.0. The standard InChI is InChI=1S/C13H6BrCl2F3/c14-13(7-3-6(15)1-2-9(7)16)8-4-11(18)12(19)5-10(8)17/h1-5,13H. The van der Waals surface area contributed by atoms with Gasteiger partial charge in [-0.1, -0.05) is 39.1 Å². The fourth-order valence-corrected chi connectivity index (χ4v) is 2.88. The quantitative estimate of drug-likeness (QED) is 0.457. The van der Waals surface area contributed by atoms with Crippen LogP contribution in [-0.4, -0.2) is 0 Å². The van der Waals surface area contributed by atoms with Gasteiger partial charge in [0, 0.05) is 21.7 Å². The molecule has 0 N–H and O–H groups in total. The van der Waals surface area contributed by atoms with E-state index < -0.39 is 22.3 Å². The Kier molecular flexibility index (Phi) is 4.43. The van der Waals surface area contributed by atoms with Crippen LogP contribution in [0.5, 0.6) is 0 Å². The normalized spacial score (nSPS) is 12.5. The molecule has 19 heavy (non-hydrogen) atoms. The maximum absolute atomic E-state index is 13.7. The maximum atomic E-state index is 13.7. The Morgan fingerprint density at radius 1 is 0.842 bits per heavy atom. The van der Waals surface area contributed by atoms with Crippen molar-refractivity contribution in [1.29, 1.82) is 0 Å². The minimum absolute atomic E-state index is 0.0527. The maximum Gasteiger partial charge on any atom is 0.161 e. The molecular weight excluding hydrogens is 364 g/mol. The molecule has 0 fully saturated rings. The monoisotopic (exact) mass is 368 g/mol. The fourth-order valence-electron chi connectivity index (χ4n) is 1.61. The summed E-state index contributed by atoms with van der Waals surface area (Å²) in [6.07, 6.45) is 0. The first-order chi connectivity index (χ1) is 8.90. The average Bonchev–Trinajstić information content (AvgIpc) is 2.36. The first kappa shape index (κ1) is 14.7. The van der Waals surface area contributed by atoms with E-state index in [4.69, 9.17) is 23.2 Å². The van der Waals surface area contributed by atoms with Crippen molar-refractivity contribution in [2.75, 3.05) is 0 Å². The molecule has 0 nitrogen and oxygen atoms in total. The number of halogens is 6. The van der Waals surface area contributed by atoms with Gasteiger partial charge in [-0.2, -0.15) is 0 Å². The van der Waals surface area contributed by atoms with Gasteiger partial charge < -0.3 is 0 Å². The molecule has 6 heteroatoms. The van der Waals surface area contributed by atoms with Crippen LogP contribution < -0.4 is 0 Å². The zero-order chi connectivity index (χ0) is 14.2. The van der Waals surface area contributed by atoms with Crippen molar-refractivity contribution < 1.29 is 13.2 Å². The summed E-state index contributed by atoms with van der Waals surface area (Å²) in [5.41, 5.74) is 0.419. The minimum Gasteiger partial charge on any atom is -0.207 e. The lowest BCUT2D eigenvalue weighted by Crippen LogP contribution is -2.00. The van der Waals surface area contributed by atoms with Crippen LogP contribution in [0, 0.1) is 17.5 Å². The summed E-state index contributed by atoms with van der Waals surface area (Å²) in [5, 5.41) is 0.752. The molecule has 2 aromatic carbocycles. The Morgan fingerprint density at radius 3 is 2.16 bits per heavy atom. The molecule has 0 aliphatic heterocycles. The highest BCUT2D eigenvalue weighted by Gasteiger charge is 2.20.